The SMILES string of the molecule is CCCCC1(C2CCCC2)Cc2cc(OC3CC(C(=O)O)C3)c(Cl)c(Cl)c2C1=O. The van der Waals surface area contributed by atoms with Gasteiger partial charge in [0.1, 0.15) is 16.9 Å². The minimum Gasteiger partial charge on any atom is -0.489 e. The summed E-state index contributed by atoms with van der Waals surface area (Å²) < 4.78 is 5.99. The Morgan fingerprint density at radius 3 is 2.55 bits per heavy atom. The van der Waals surface area contributed by atoms with E-state index in [4.69, 9.17) is 33.0 Å². The van der Waals surface area contributed by atoms with Crippen molar-refractivity contribution < 1.29 is 19.4 Å². The third kappa shape index (κ3) is 3.57. The first kappa shape index (κ1) is 21.0. The monoisotopic (exact) mass is 438 g/mol. The number of ketones is 1. The highest BCUT2D eigenvalue weighted by molar-refractivity contribution is 6.45. The van der Waals surface area contributed by atoms with Crippen LogP contribution in [0.3, 0.4) is 0 Å². The van der Waals surface area contributed by atoms with Crippen molar-refractivity contribution in [3.05, 3.63) is 27.2 Å². The Hall–Kier alpha value is -1.26. The molecule has 3 aliphatic carbocycles. The standard InChI is InChI=1S/C23H28Cl2O4/c1-2-3-8-23(15-6-4-5-7-15)12-14-11-17(19(24)20(25)18(14)21(23)26)29-16-9-13(10-16)22(27)28/h11,13,15-16H,2-10,12H2,1H3,(H,27,28). The number of carboxylic acid groups (broad SMARTS) is 1. The van der Waals surface area contributed by atoms with E-state index in [0.29, 0.717) is 41.5 Å². The molecule has 4 nitrogen and oxygen atoms in total. The smallest absolute Gasteiger partial charge is 0.306 e. The Morgan fingerprint density at radius 2 is 1.93 bits per heavy atom. The molecule has 1 aromatic carbocycles. The number of carbonyl (C=O) groups is 2. The Morgan fingerprint density at radius 1 is 1.24 bits per heavy atom. The molecule has 0 heterocycles. The third-order valence-electron chi connectivity index (χ3n) is 7.29. The van der Waals surface area contributed by atoms with Gasteiger partial charge in [-0.15, -0.1) is 0 Å². The predicted octanol–water partition coefficient (Wildman–Crippen LogP) is 6.34. The van der Waals surface area contributed by atoms with Gasteiger partial charge in [-0.1, -0.05) is 55.8 Å². The van der Waals surface area contributed by atoms with Gasteiger partial charge in [-0.2, -0.15) is 0 Å². The van der Waals surface area contributed by atoms with Crippen LogP contribution in [0.15, 0.2) is 6.07 Å². The Bertz CT molecular complexity index is 825. The third-order valence-corrected chi connectivity index (χ3v) is 8.14. The number of hydrogen-bond donors (Lipinski definition) is 1. The molecule has 29 heavy (non-hydrogen) atoms. The molecular formula is C23H28Cl2O4. The van der Waals surface area contributed by atoms with Crippen LogP contribution in [0.25, 0.3) is 0 Å². The van der Waals surface area contributed by atoms with Crippen LogP contribution in [0.2, 0.25) is 10.0 Å². The number of unbranched alkanes of at least 4 members (excludes halogenated alkanes) is 1. The first-order valence-electron chi connectivity index (χ1n) is 10.8. The van der Waals surface area contributed by atoms with Gasteiger partial charge in [0.15, 0.2) is 5.78 Å². The molecule has 1 unspecified atom stereocenters. The predicted molar refractivity (Wildman–Crippen MR) is 113 cm³/mol. The lowest BCUT2D eigenvalue weighted by Crippen LogP contribution is -2.38. The van der Waals surface area contributed by atoms with Gasteiger partial charge < -0.3 is 9.84 Å². The summed E-state index contributed by atoms with van der Waals surface area (Å²) in [5.41, 5.74) is 1.17. The minimum atomic E-state index is -0.786. The molecule has 158 valence electrons. The van der Waals surface area contributed by atoms with Crippen LogP contribution < -0.4 is 4.74 Å². The quantitative estimate of drug-likeness (QED) is 0.538. The number of hydrogen-bond acceptors (Lipinski definition) is 3. The van der Waals surface area contributed by atoms with Crippen LogP contribution >= 0.6 is 23.2 Å². The van der Waals surface area contributed by atoms with E-state index in [0.717, 1.165) is 37.7 Å². The van der Waals surface area contributed by atoms with Gasteiger partial charge in [0, 0.05) is 11.0 Å². The highest BCUT2D eigenvalue weighted by Crippen LogP contribution is 2.55. The minimum absolute atomic E-state index is 0.167. The van der Waals surface area contributed by atoms with E-state index in [9.17, 15) is 9.59 Å². The number of rotatable bonds is 7. The lowest BCUT2D eigenvalue weighted by Gasteiger charge is -2.34. The average molecular weight is 439 g/mol. The highest BCUT2D eigenvalue weighted by atomic mass is 35.5. The topological polar surface area (TPSA) is 63.6 Å². The van der Waals surface area contributed by atoms with Gasteiger partial charge in [-0.3, -0.25) is 9.59 Å². The van der Waals surface area contributed by atoms with E-state index in [1.54, 1.807) is 0 Å². The first-order valence-corrected chi connectivity index (χ1v) is 11.6. The molecular weight excluding hydrogens is 411 g/mol. The molecule has 3 aliphatic rings. The van der Waals surface area contributed by atoms with Crippen molar-refractivity contribution in [2.24, 2.45) is 17.3 Å². The van der Waals surface area contributed by atoms with Gasteiger partial charge in [0.2, 0.25) is 0 Å². The molecule has 0 spiro atoms. The largest absolute Gasteiger partial charge is 0.489 e. The lowest BCUT2D eigenvalue weighted by molar-refractivity contribution is -0.147. The first-order chi connectivity index (χ1) is 13.9. The van der Waals surface area contributed by atoms with Crippen molar-refractivity contribution in [2.45, 2.75) is 77.2 Å². The number of fused-ring (bicyclic) bond motifs is 1. The zero-order valence-corrected chi connectivity index (χ0v) is 18.3. The zero-order chi connectivity index (χ0) is 20.8. The van der Waals surface area contributed by atoms with Crippen molar-refractivity contribution in [3.63, 3.8) is 0 Å². The normalized spacial score (nSPS) is 29.0. The molecule has 0 radical (unpaired) electrons. The van der Waals surface area contributed by atoms with Crippen LogP contribution in [-0.4, -0.2) is 23.0 Å². The number of ether oxygens (including phenoxy) is 1. The lowest BCUT2D eigenvalue weighted by atomic mass is 9.68. The van der Waals surface area contributed by atoms with Crippen molar-refractivity contribution >= 4 is 35.0 Å². The number of aliphatic carboxylic acids is 1. The Kier molecular flexibility index (Phi) is 5.87. The van der Waals surface area contributed by atoms with Crippen molar-refractivity contribution in [3.8, 4) is 5.75 Å². The van der Waals surface area contributed by atoms with Crippen molar-refractivity contribution in [2.75, 3.05) is 0 Å². The van der Waals surface area contributed by atoms with Crippen LogP contribution in [0.4, 0.5) is 0 Å². The Labute approximate surface area is 181 Å². The number of halogens is 2. The molecule has 1 aromatic rings. The van der Waals surface area contributed by atoms with Crippen LogP contribution in [0.5, 0.6) is 5.75 Å². The summed E-state index contributed by atoms with van der Waals surface area (Å²) in [6.07, 6.45) is 9.08. The highest BCUT2D eigenvalue weighted by Gasteiger charge is 2.52. The zero-order valence-electron chi connectivity index (χ0n) is 16.8. The number of benzene rings is 1. The number of carbonyl (C=O) groups excluding carboxylic acids is 1. The summed E-state index contributed by atoms with van der Waals surface area (Å²) >= 11 is 13.1. The Balaban J connectivity index is 1.62. The second-order valence-electron chi connectivity index (χ2n) is 9.03. The van der Waals surface area contributed by atoms with E-state index in [1.807, 2.05) is 6.07 Å². The van der Waals surface area contributed by atoms with Gasteiger partial charge in [-0.05, 0) is 56.1 Å². The number of carboxylic acids is 1. The summed E-state index contributed by atoms with van der Waals surface area (Å²) in [7, 11) is 0. The molecule has 1 atom stereocenters. The van der Waals surface area contributed by atoms with Gasteiger partial charge in [0.25, 0.3) is 0 Å². The summed E-state index contributed by atoms with van der Waals surface area (Å²) in [6, 6.07) is 1.89. The number of Topliss-reactive ketones (excluding diaryl/α,β-unsaturated/α-hetero) is 1. The summed E-state index contributed by atoms with van der Waals surface area (Å²) in [5, 5.41) is 9.64. The van der Waals surface area contributed by atoms with Gasteiger partial charge >= 0.3 is 5.97 Å². The molecule has 2 saturated carbocycles. The van der Waals surface area contributed by atoms with Gasteiger partial charge in [0.05, 0.1) is 10.9 Å². The van der Waals surface area contributed by atoms with Gasteiger partial charge in [-0.25, -0.2) is 0 Å². The molecule has 0 saturated heterocycles. The fraction of sp³-hybridized carbons (Fsp3) is 0.652. The van der Waals surface area contributed by atoms with Crippen molar-refractivity contribution in [1.29, 1.82) is 0 Å². The van der Waals surface area contributed by atoms with E-state index < -0.39 is 5.97 Å². The fourth-order valence-electron chi connectivity index (χ4n) is 5.54. The van der Waals surface area contributed by atoms with Crippen LogP contribution in [0.1, 0.15) is 80.6 Å². The molecule has 0 aromatic heterocycles. The van der Waals surface area contributed by atoms with E-state index in [2.05, 4.69) is 6.92 Å². The molecule has 2 fully saturated rings. The second kappa shape index (κ2) is 8.11. The maximum absolute atomic E-state index is 13.7. The van der Waals surface area contributed by atoms with Crippen LogP contribution in [-0.2, 0) is 11.2 Å². The van der Waals surface area contributed by atoms with Crippen molar-refractivity contribution in [1.82, 2.24) is 0 Å². The molecule has 1 N–H and O–H groups in total. The fourth-order valence-corrected chi connectivity index (χ4v) is 6.04. The van der Waals surface area contributed by atoms with E-state index in [1.165, 1.54) is 12.8 Å². The summed E-state index contributed by atoms with van der Waals surface area (Å²) in [6.45, 7) is 2.16. The maximum Gasteiger partial charge on any atom is 0.306 e. The molecule has 0 bridgehead atoms. The molecule has 4 rings (SSSR count). The molecule has 0 amide bonds. The maximum atomic E-state index is 13.7. The molecule has 6 heteroatoms. The molecule has 0 aliphatic heterocycles. The van der Waals surface area contributed by atoms with E-state index >= 15 is 0 Å². The average Bonchev–Trinajstić information content (AvgIpc) is 3.27. The van der Waals surface area contributed by atoms with Crippen LogP contribution in [0, 0.1) is 17.3 Å². The summed E-state index contributed by atoms with van der Waals surface area (Å²) in [5.74, 6) is -0.0770. The van der Waals surface area contributed by atoms with E-state index in [-0.39, 0.29) is 28.2 Å². The summed E-state index contributed by atoms with van der Waals surface area (Å²) in [4.78, 5) is 24.7. The second-order valence-corrected chi connectivity index (χ2v) is 9.79.